The summed E-state index contributed by atoms with van der Waals surface area (Å²) in [5.74, 6) is 0.0794. The number of hydrogen-bond donors (Lipinski definition) is 2. The number of rotatable bonds is 5. The summed E-state index contributed by atoms with van der Waals surface area (Å²) in [5, 5.41) is 7.07. The first-order valence-corrected chi connectivity index (χ1v) is 7.82. The van der Waals surface area contributed by atoms with Crippen LogP contribution in [0.15, 0.2) is 24.3 Å². The molecule has 1 aromatic rings. The Morgan fingerprint density at radius 1 is 1.30 bits per heavy atom. The van der Waals surface area contributed by atoms with Gasteiger partial charge in [0, 0.05) is 17.1 Å². The third-order valence-electron chi connectivity index (χ3n) is 3.91. The maximum atomic E-state index is 11.9. The van der Waals surface area contributed by atoms with Gasteiger partial charge in [-0.1, -0.05) is 49.1 Å². The molecule has 3 nitrogen and oxygen atoms in total. The van der Waals surface area contributed by atoms with E-state index in [-0.39, 0.29) is 11.9 Å². The van der Waals surface area contributed by atoms with E-state index < -0.39 is 0 Å². The van der Waals surface area contributed by atoms with Crippen LogP contribution in [0.25, 0.3) is 0 Å². The van der Waals surface area contributed by atoms with E-state index in [0.717, 1.165) is 23.4 Å². The molecule has 2 N–H and O–H groups in total. The molecule has 1 aliphatic rings. The summed E-state index contributed by atoms with van der Waals surface area (Å²) in [6.07, 6.45) is 5.99. The highest BCUT2D eigenvalue weighted by atomic mass is 35.5. The lowest BCUT2D eigenvalue weighted by Gasteiger charge is -2.23. The van der Waals surface area contributed by atoms with Crippen LogP contribution in [0.2, 0.25) is 5.02 Å². The lowest BCUT2D eigenvalue weighted by atomic mass is 9.95. The van der Waals surface area contributed by atoms with Crippen molar-refractivity contribution in [1.82, 2.24) is 10.6 Å². The van der Waals surface area contributed by atoms with Gasteiger partial charge in [-0.05, 0) is 31.4 Å². The van der Waals surface area contributed by atoms with Crippen LogP contribution in [-0.4, -0.2) is 18.5 Å². The van der Waals surface area contributed by atoms with Crippen molar-refractivity contribution in [3.63, 3.8) is 0 Å². The molecule has 0 bridgehead atoms. The maximum Gasteiger partial charge on any atom is 0.234 e. The molecule has 110 valence electrons. The van der Waals surface area contributed by atoms with E-state index in [1.807, 2.05) is 31.2 Å². The molecule has 1 aliphatic carbocycles. The van der Waals surface area contributed by atoms with Crippen LogP contribution in [-0.2, 0) is 4.79 Å². The molecule has 0 spiro atoms. The van der Waals surface area contributed by atoms with E-state index in [1.165, 1.54) is 19.3 Å². The number of nitrogens with one attached hydrogen (secondary N) is 2. The van der Waals surface area contributed by atoms with Gasteiger partial charge in [-0.2, -0.15) is 0 Å². The zero-order valence-electron chi connectivity index (χ0n) is 12.0. The SMILES string of the molecule is C[C@@H](NCC(=O)NC1CCCCC1)c1ccccc1Cl. The Balaban J connectivity index is 1.76. The van der Waals surface area contributed by atoms with Crippen molar-refractivity contribution in [3.05, 3.63) is 34.9 Å². The van der Waals surface area contributed by atoms with Crippen molar-refractivity contribution < 1.29 is 4.79 Å². The third-order valence-corrected chi connectivity index (χ3v) is 4.26. The zero-order chi connectivity index (χ0) is 14.4. The Bertz CT molecular complexity index is 444. The highest BCUT2D eigenvalue weighted by Gasteiger charge is 2.16. The molecule has 1 saturated carbocycles. The van der Waals surface area contributed by atoms with Crippen LogP contribution in [0.4, 0.5) is 0 Å². The third kappa shape index (κ3) is 4.50. The summed E-state index contributed by atoms with van der Waals surface area (Å²) in [7, 11) is 0. The van der Waals surface area contributed by atoms with E-state index >= 15 is 0 Å². The highest BCUT2D eigenvalue weighted by Crippen LogP contribution is 2.22. The van der Waals surface area contributed by atoms with E-state index in [1.54, 1.807) is 0 Å². The van der Waals surface area contributed by atoms with Gasteiger partial charge in [0.15, 0.2) is 0 Å². The molecule has 20 heavy (non-hydrogen) atoms. The van der Waals surface area contributed by atoms with Crippen LogP contribution < -0.4 is 10.6 Å². The summed E-state index contributed by atoms with van der Waals surface area (Å²) in [4.78, 5) is 11.9. The van der Waals surface area contributed by atoms with Gasteiger partial charge >= 0.3 is 0 Å². The molecule has 1 fully saturated rings. The van der Waals surface area contributed by atoms with Crippen LogP contribution >= 0.6 is 11.6 Å². The molecular formula is C16H23ClN2O. The number of halogens is 1. The fraction of sp³-hybridized carbons (Fsp3) is 0.562. The highest BCUT2D eigenvalue weighted by molar-refractivity contribution is 6.31. The molecule has 2 rings (SSSR count). The van der Waals surface area contributed by atoms with Gasteiger partial charge in [0.25, 0.3) is 0 Å². The Hall–Kier alpha value is -1.06. The zero-order valence-corrected chi connectivity index (χ0v) is 12.7. The summed E-state index contributed by atoms with van der Waals surface area (Å²) in [6, 6.07) is 8.17. The first-order chi connectivity index (χ1) is 9.66. The standard InChI is InChI=1S/C16H23ClN2O/c1-12(14-9-5-6-10-15(14)17)18-11-16(20)19-13-7-3-2-4-8-13/h5-6,9-10,12-13,18H,2-4,7-8,11H2,1H3,(H,19,20)/t12-/m1/s1. The van der Waals surface area contributed by atoms with Crippen LogP contribution in [0.5, 0.6) is 0 Å². The minimum Gasteiger partial charge on any atom is -0.352 e. The number of hydrogen-bond acceptors (Lipinski definition) is 2. The normalized spacial score (nSPS) is 17.7. The van der Waals surface area contributed by atoms with E-state index in [0.29, 0.717) is 12.6 Å². The number of benzene rings is 1. The fourth-order valence-electron chi connectivity index (χ4n) is 2.71. The lowest BCUT2D eigenvalue weighted by Crippen LogP contribution is -2.41. The van der Waals surface area contributed by atoms with Crippen LogP contribution in [0.3, 0.4) is 0 Å². The van der Waals surface area contributed by atoms with E-state index in [9.17, 15) is 4.79 Å². The Morgan fingerprint density at radius 2 is 2.00 bits per heavy atom. The second-order valence-corrected chi connectivity index (χ2v) is 5.93. The minimum absolute atomic E-state index is 0.0702. The average Bonchev–Trinajstić information content (AvgIpc) is 2.46. The maximum absolute atomic E-state index is 11.9. The monoisotopic (exact) mass is 294 g/mol. The van der Waals surface area contributed by atoms with Crippen LogP contribution in [0.1, 0.15) is 50.6 Å². The second-order valence-electron chi connectivity index (χ2n) is 5.53. The number of amides is 1. The predicted molar refractivity (Wildman–Crippen MR) is 82.9 cm³/mol. The molecule has 0 unspecified atom stereocenters. The van der Waals surface area contributed by atoms with Gasteiger partial charge < -0.3 is 10.6 Å². The molecule has 1 amide bonds. The van der Waals surface area contributed by atoms with Crippen molar-refractivity contribution in [2.24, 2.45) is 0 Å². The van der Waals surface area contributed by atoms with Crippen LogP contribution in [0, 0.1) is 0 Å². The van der Waals surface area contributed by atoms with E-state index in [4.69, 9.17) is 11.6 Å². The smallest absolute Gasteiger partial charge is 0.234 e. The lowest BCUT2D eigenvalue weighted by molar-refractivity contribution is -0.121. The fourth-order valence-corrected chi connectivity index (χ4v) is 3.01. The first kappa shape index (κ1) is 15.3. The second kappa shape index (κ2) is 7.65. The van der Waals surface area contributed by atoms with Gasteiger partial charge in [0.1, 0.15) is 0 Å². The van der Waals surface area contributed by atoms with E-state index in [2.05, 4.69) is 10.6 Å². The summed E-state index contributed by atoms with van der Waals surface area (Å²) in [5.41, 5.74) is 1.03. The van der Waals surface area contributed by atoms with Crippen molar-refractivity contribution in [2.75, 3.05) is 6.54 Å². The Morgan fingerprint density at radius 3 is 2.70 bits per heavy atom. The van der Waals surface area contributed by atoms with Crippen molar-refractivity contribution in [3.8, 4) is 0 Å². The number of carbonyl (C=O) groups is 1. The largest absolute Gasteiger partial charge is 0.352 e. The molecule has 4 heteroatoms. The Labute approximate surface area is 126 Å². The summed E-state index contributed by atoms with van der Waals surface area (Å²) >= 11 is 6.15. The van der Waals surface area contributed by atoms with Gasteiger partial charge in [0.05, 0.1) is 6.54 Å². The summed E-state index contributed by atoms with van der Waals surface area (Å²) < 4.78 is 0. The first-order valence-electron chi connectivity index (χ1n) is 7.44. The quantitative estimate of drug-likeness (QED) is 0.873. The van der Waals surface area contributed by atoms with Crippen molar-refractivity contribution >= 4 is 17.5 Å². The molecule has 0 radical (unpaired) electrons. The molecule has 0 heterocycles. The topological polar surface area (TPSA) is 41.1 Å². The molecule has 1 atom stereocenters. The summed E-state index contributed by atoms with van der Waals surface area (Å²) in [6.45, 7) is 2.36. The van der Waals surface area contributed by atoms with Gasteiger partial charge in [0.2, 0.25) is 5.91 Å². The van der Waals surface area contributed by atoms with Gasteiger partial charge in [-0.25, -0.2) is 0 Å². The minimum atomic E-state index is 0.0702. The molecule has 0 aliphatic heterocycles. The molecular weight excluding hydrogens is 272 g/mol. The van der Waals surface area contributed by atoms with Gasteiger partial charge in [-0.15, -0.1) is 0 Å². The molecule has 0 saturated heterocycles. The predicted octanol–water partition coefficient (Wildman–Crippen LogP) is 3.44. The van der Waals surface area contributed by atoms with Crippen molar-refractivity contribution in [2.45, 2.75) is 51.1 Å². The Kier molecular flexibility index (Phi) is 5.86. The van der Waals surface area contributed by atoms with Gasteiger partial charge in [-0.3, -0.25) is 4.79 Å². The average molecular weight is 295 g/mol. The number of carbonyl (C=O) groups excluding carboxylic acids is 1. The van der Waals surface area contributed by atoms with Crippen molar-refractivity contribution in [1.29, 1.82) is 0 Å². The molecule has 0 aromatic heterocycles. The molecule has 1 aromatic carbocycles.